The summed E-state index contributed by atoms with van der Waals surface area (Å²) in [5.41, 5.74) is 0.922. The van der Waals surface area contributed by atoms with Crippen LogP contribution in [0.4, 0.5) is 0 Å². The lowest BCUT2D eigenvalue weighted by Crippen LogP contribution is -2.38. The van der Waals surface area contributed by atoms with Crippen LogP contribution in [0.3, 0.4) is 0 Å². The van der Waals surface area contributed by atoms with Crippen LogP contribution < -0.4 is 0 Å². The van der Waals surface area contributed by atoms with Gasteiger partial charge in [-0.1, -0.05) is 30.7 Å². The van der Waals surface area contributed by atoms with Crippen LogP contribution in [0.2, 0.25) is 5.02 Å². The predicted molar refractivity (Wildman–Crippen MR) is 84.0 cm³/mol. The van der Waals surface area contributed by atoms with Gasteiger partial charge in [-0.05, 0) is 30.5 Å². The third-order valence-electron chi connectivity index (χ3n) is 3.63. The molecule has 0 aromatic heterocycles. The van der Waals surface area contributed by atoms with Crippen LogP contribution in [0.5, 0.6) is 0 Å². The van der Waals surface area contributed by atoms with E-state index in [0.717, 1.165) is 36.9 Å². The molecule has 0 saturated carbocycles. The van der Waals surface area contributed by atoms with E-state index in [1.807, 2.05) is 24.3 Å². The fourth-order valence-electron chi connectivity index (χ4n) is 2.42. The zero-order chi connectivity index (χ0) is 13.7. The van der Waals surface area contributed by atoms with Crippen LogP contribution >= 0.6 is 23.4 Å². The summed E-state index contributed by atoms with van der Waals surface area (Å²) in [5, 5.41) is 11.7. The van der Waals surface area contributed by atoms with Crippen LogP contribution in [-0.2, 0) is 0 Å². The van der Waals surface area contributed by atoms with E-state index in [1.54, 1.807) is 0 Å². The van der Waals surface area contributed by atoms with E-state index >= 15 is 0 Å². The molecule has 2 rings (SSSR count). The number of benzene rings is 1. The van der Waals surface area contributed by atoms with Crippen molar-refractivity contribution in [3.05, 3.63) is 34.9 Å². The van der Waals surface area contributed by atoms with Crippen LogP contribution in [0.25, 0.3) is 0 Å². The molecule has 0 spiro atoms. The summed E-state index contributed by atoms with van der Waals surface area (Å²) in [4.78, 5) is 2.47. The maximum absolute atomic E-state index is 10.2. The maximum Gasteiger partial charge on any atom is 0.0802 e. The molecular formula is C15H22ClNOS. The van der Waals surface area contributed by atoms with E-state index in [2.05, 4.69) is 23.6 Å². The van der Waals surface area contributed by atoms with Crippen molar-refractivity contribution in [1.82, 2.24) is 4.90 Å². The minimum atomic E-state index is -0.409. The van der Waals surface area contributed by atoms with Crippen LogP contribution in [0.1, 0.15) is 31.4 Å². The van der Waals surface area contributed by atoms with Gasteiger partial charge in [0, 0.05) is 35.7 Å². The second-order valence-corrected chi connectivity index (χ2v) is 6.91. The largest absolute Gasteiger partial charge is 0.388 e. The molecule has 2 nitrogen and oxygen atoms in total. The summed E-state index contributed by atoms with van der Waals surface area (Å²) in [5.74, 6) is 1.21. The molecule has 2 atom stereocenters. The van der Waals surface area contributed by atoms with E-state index in [1.165, 1.54) is 12.2 Å². The molecule has 106 valence electrons. The van der Waals surface area contributed by atoms with Crippen LogP contribution in [0.15, 0.2) is 24.3 Å². The van der Waals surface area contributed by atoms with Gasteiger partial charge in [-0.25, -0.2) is 0 Å². The highest BCUT2D eigenvalue weighted by Gasteiger charge is 2.19. The molecular weight excluding hydrogens is 278 g/mol. The first kappa shape index (κ1) is 15.2. The van der Waals surface area contributed by atoms with Crippen molar-refractivity contribution >= 4 is 23.4 Å². The topological polar surface area (TPSA) is 23.5 Å². The summed E-state index contributed by atoms with van der Waals surface area (Å²) in [6.45, 7) is 5.51. The zero-order valence-electron chi connectivity index (χ0n) is 11.4. The number of aliphatic hydroxyl groups excluding tert-OH is 1. The molecule has 2 unspecified atom stereocenters. The van der Waals surface area contributed by atoms with Gasteiger partial charge in [-0.2, -0.15) is 11.8 Å². The van der Waals surface area contributed by atoms with Gasteiger partial charge in [0.1, 0.15) is 0 Å². The van der Waals surface area contributed by atoms with Gasteiger partial charge < -0.3 is 10.0 Å². The van der Waals surface area contributed by atoms with E-state index < -0.39 is 6.10 Å². The average molecular weight is 300 g/mol. The second-order valence-electron chi connectivity index (χ2n) is 5.06. The molecule has 19 heavy (non-hydrogen) atoms. The fraction of sp³-hybridized carbons (Fsp3) is 0.600. The normalized spacial score (nSPS) is 22.4. The first-order valence-electron chi connectivity index (χ1n) is 6.96. The van der Waals surface area contributed by atoms with Crippen molar-refractivity contribution in [2.45, 2.75) is 31.1 Å². The molecule has 0 aliphatic carbocycles. The number of rotatable bonds is 5. The number of hydrogen-bond donors (Lipinski definition) is 1. The van der Waals surface area contributed by atoms with Crippen LogP contribution in [0, 0.1) is 0 Å². The zero-order valence-corrected chi connectivity index (χ0v) is 13.0. The van der Waals surface area contributed by atoms with Gasteiger partial charge in [0.2, 0.25) is 0 Å². The molecule has 1 heterocycles. The van der Waals surface area contributed by atoms with E-state index in [9.17, 15) is 5.11 Å². The molecule has 1 N–H and O–H groups in total. The Hall–Kier alpha value is -0.220. The standard InChI is InChI=1S/C15H22ClNOS/c1-2-14-11-17(8-9-19-14)7-6-15(18)12-4-3-5-13(16)10-12/h3-5,10,14-15,18H,2,6-9,11H2,1H3. The predicted octanol–water partition coefficient (Wildman–Crippen LogP) is 3.59. The summed E-state index contributed by atoms with van der Waals surface area (Å²) in [6, 6.07) is 7.53. The highest BCUT2D eigenvalue weighted by Crippen LogP contribution is 2.24. The number of nitrogens with zero attached hydrogens (tertiary/aromatic N) is 1. The summed E-state index contributed by atoms with van der Waals surface area (Å²) in [6.07, 6.45) is 1.60. The Morgan fingerprint density at radius 2 is 2.37 bits per heavy atom. The Labute approximate surface area is 125 Å². The lowest BCUT2D eigenvalue weighted by Gasteiger charge is -2.32. The Balaban J connectivity index is 1.81. The molecule has 1 aromatic carbocycles. The first-order chi connectivity index (χ1) is 9.19. The minimum Gasteiger partial charge on any atom is -0.388 e. The summed E-state index contributed by atoms with van der Waals surface area (Å²) in [7, 11) is 0. The number of halogens is 1. The maximum atomic E-state index is 10.2. The third-order valence-corrected chi connectivity index (χ3v) is 5.24. The van der Waals surface area contributed by atoms with Gasteiger partial charge in [0.15, 0.2) is 0 Å². The molecule has 1 aliphatic rings. The van der Waals surface area contributed by atoms with Crippen molar-refractivity contribution in [1.29, 1.82) is 0 Å². The highest BCUT2D eigenvalue weighted by atomic mass is 35.5. The van der Waals surface area contributed by atoms with Gasteiger partial charge in [-0.15, -0.1) is 0 Å². The Morgan fingerprint density at radius 1 is 1.53 bits per heavy atom. The van der Waals surface area contributed by atoms with Gasteiger partial charge in [-0.3, -0.25) is 0 Å². The fourth-order valence-corrected chi connectivity index (χ4v) is 3.86. The number of aliphatic hydroxyl groups is 1. The average Bonchev–Trinajstić information content (AvgIpc) is 2.45. The van der Waals surface area contributed by atoms with E-state index in [0.29, 0.717) is 5.02 Å². The van der Waals surface area contributed by atoms with Gasteiger partial charge >= 0.3 is 0 Å². The SMILES string of the molecule is CCC1CN(CCC(O)c2cccc(Cl)c2)CCS1. The summed E-state index contributed by atoms with van der Waals surface area (Å²) < 4.78 is 0. The molecule has 1 fully saturated rings. The minimum absolute atomic E-state index is 0.409. The molecule has 0 amide bonds. The molecule has 1 aliphatic heterocycles. The highest BCUT2D eigenvalue weighted by molar-refractivity contribution is 8.00. The molecule has 0 radical (unpaired) electrons. The molecule has 1 saturated heterocycles. The number of thioether (sulfide) groups is 1. The second kappa shape index (κ2) is 7.53. The van der Waals surface area contributed by atoms with E-state index in [4.69, 9.17) is 11.6 Å². The molecule has 4 heteroatoms. The van der Waals surface area contributed by atoms with Crippen molar-refractivity contribution in [3.63, 3.8) is 0 Å². The van der Waals surface area contributed by atoms with Crippen molar-refractivity contribution < 1.29 is 5.11 Å². The molecule has 1 aromatic rings. The Kier molecular flexibility index (Phi) is 6.02. The Morgan fingerprint density at radius 3 is 3.11 bits per heavy atom. The van der Waals surface area contributed by atoms with Gasteiger partial charge in [0.25, 0.3) is 0 Å². The van der Waals surface area contributed by atoms with E-state index in [-0.39, 0.29) is 0 Å². The van der Waals surface area contributed by atoms with Crippen molar-refractivity contribution in [2.75, 3.05) is 25.4 Å². The third kappa shape index (κ3) is 4.67. The number of hydrogen-bond acceptors (Lipinski definition) is 3. The lowest BCUT2D eigenvalue weighted by molar-refractivity contribution is 0.143. The van der Waals surface area contributed by atoms with Crippen molar-refractivity contribution in [2.24, 2.45) is 0 Å². The van der Waals surface area contributed by atoms with Crippen LogP contribution in [-0.4, -0.2) is 40.6 Å². The van der Waals surface area contributed by atoms with Gasteiger partial charge in [0.05, 0.1) is 6.10 Å². The Bertz CT molecular complexity index is 401. The first-order valence-corrected chi connectivity index (χ1v) is 8.39. The summed E-state index contributed by atoms with van der Waals surface area (Å²) >= 11 is 8.03. The monoisotopic (exact) mass is 299 g/mol. The molecule has 0 bridgehead atoms. The quantitative estimate of drug-likeness (QED) is 0.899. The van der Waals surface area contributed by atoms with Crippen molar-refractivity contribution in [3.8, 4) is 0 Å². The lowest BCUT2D eigenvalue weighted by atomic mass is 10.1. The smallest absolute Gasteiger partial charge is 0.0802 e.